The van der Waals surface area contributed by atoms with E-state index in [0.29, 0.717) is 6.04 Å². The van der Waals surface area contributed by atoms with E-state index in [-0.39, 0.29) is 0 Å². The van der Waals surface area contributed by atoms with Crippen molar-refractivity contribution in [1.29, 1.82) is 0 Å². The van der Waals surface area contributed by atoms with Crippen molar-refractivity contribution in [2.75, 3.05) is 23.7 Å². The van der Waals surface area contributed by atoms with Gasteiger partial charge in [-0.1, -0.05) is 20.8 Å². The van der Waals surface area contributed by atoms with Crippen LogP contribution in [0, 0.1) is 0 Å². The maximum Gasteiger partial charge on any atom is 0.195 e. The van der Waals surface area contributed by atoms with Crippen LogP contribution in [0.5, 0.6) is 0 Å². The summed E-state index contributed by atoms with van der Waals surface area (Å²) in [5.74, 6) is 2.40. The van der Waals surface area contributed by atoms with Gasteiger partial charge in [0.2, 0.25) is 0 Å². The number of hydrogen-bond donors (Lipinski definition) is 1. The van der Waals surface area contributed by atoms with E-state index >= 15 is 0 Å². The van der Waals surface area contributed by atoms with Crippen molar-refractivity contribution in [1.82, 2.24) is 14.7 Å². The fourth-order valence-corrected chi connectivity index (χ4v) is 4.61. The molecule has 6 heteroatoms. The van der Waals surface area contributed by atoms with E-state index in [2.05, 4.69) is 58.7 Å². The number of hydrogen-bond acceptors (Lipinski definition) is 5. The highest BCUT2D eigenvalue weighted by atomic mass is 32.2. The highest BCUT2D eigenvalue weighted by molar-refractivity contribution is 8.00. The molecule has 3 rings (SSSR count). The molecule has 1 aliphatic heterocycles. The number of thioether (sulfide) groups is 1. The van der Waals surface area contributed by atoms with Gasteiger partial charge in [-0.25, -0.2) is 4.98 Å². The molecule has 0 bridgehead atoms. The second-order valence-electron chi connectivity index (χ2n) is 5.82. The second kappa shape index (κ2) is 6.58. The first kappa shape index (κ1) is 15.2. The first-order chi connectivity index (χ1) is 10.2. The number of thiazole rings is 1. The molecule has 2 aromatic heterocycles. The zero-order valence-corrected chi connectivity index (χ0v) is 14.6. The summed E-state index contributed by atoms with van der Waals surface area (Å²) in [6.07, 6.45) is 3.38. The zero-order valence-electron chi connectivity index (χ0n) is 13.0. The van der Waals surface area contributed by atoms with Crippen molar-refractivity contribution in [3.63, 3.8) is 0 Å². The Morgan fingerprint density at radius 2 is 2.33 bits per heavy atom. The molecule has 2 aromatic rings. The highest BCUT2D eigenvalue weighted by Gasteiger charge is 2.24. The Kier molecular flexibility index (Phi) is 4.76. The predicted molar refractivity (Wildman–Crippen MR) is 93.8 cm³/mol. The van der Waals surface area contributed by atoms with Gasteiger partial charge < -0.3 is 10.2 Å². The number of nitrogens with one attached hydrogen (secondary N) is 1. The first-order valence-electron chi connectivity index (χ1n) is 7.73. The van der Waals surface area contributed by atoms with Gasteiger partial charge >= 0.3 is 0 Å². The van der Waals surface area contributed by atoms with Crippen molar-refractivity contribution in [3.05, 3.63) is 17.3 Å². The van der Waals surface area contributed by atoms with Crippen molar-refractivity contribution in [2.24, 2.45) is 0 Å². The lowest BCUT2D eigenvalue weighted by Gasteiger charge is -2.32. The van der Waals surface area contributed by atoms with E-state index in [1.165, 1.54) is 23.7 Å². The van der Waals surface area contributed by atoms with Crippen LogP contribution in [0.3, 0.4) is 0 Å². The summed E-state index contributed by atoms with van der Waals surface area (Å²) in [7, 11) is 0. The third kappa shape index (κ3) is 3.22. The predicted octanol–water partition coefficient (Wildman–Crippen LogP) is 3.23. The molecule has 21 heavy (non-hydrogen) atoms. The molecule has 1 unspecified atom stereocenters. The van der Waals surface area contributed by atoms with Crippen LogP contribution in [-0.4, -0.2) is 39.5 Å². The van der Waals surface area contributed by atoms with E-state index in [0.717, 1.165) is 29.8 Å². The van der Waals surface area contributed by atoms with Gasteiger partial charge in [-0.15, -0.1) is 11.3 Å². The number of aromatic nitrogens is 2. The molecule has 1 fully saturated rings. The average Bonchev–Trinajstić information content (AvgIpc) is 3.06. The quantitative estimate of drug-likeness (QED) is 0.915. The van der Waals surface area contributed by atoms with Gasteiger partial charge in [-0.2, -0.15) is 11.8 Å². The molecule has 116 valence electrons. The van der Waals surface area contributed by atoms with Gasteiger partial charge in [0.15, 0.2) is 10.8 Å². The zero-order chi connectivity index (χ0) is 14.8. The van der Waals surface area contributed by atoms with Crippen LogP contribution in [0.25, 0.3) is 4.96 Å². The van der Waals surface area contributed by atoms with Crippen molar-refractivity contribution in [2.45, 2.75) is 45.0 Å². The van der Waals surface area contributed by atoms with Crippen LogP contribution in [0.1, 0.15) is 32.9 Å². The van der Waals surface area contributed by atoms with Crippen LogP contribution in [0.2, 0.25) is 0 Å². The lowest BCUT2D eigenvalue weighted by molar-refractivity contribution is 0.578. The number of imidazole rings is 1. The van der Waals surface area contributed by atoms with Crippen molar-refractivity contribution < 1.29 is 0 Å². The van der Waals surface area contributed by atoms with Crippen molar-refractivity contribution >= 4 is 33.9 Å². The summed E-state index contributed by atoms with van der Waals surface area (Å²) in [6, 6.07) is 0.488. The van der Waals surface area contributed by atoms with Gasteiger partial charge in [0.25, 0.3) is 0 Å². The normalized spacial score (nSPS) is 19.8. The monoisotopic (exact) mass is 324 g/mol. The average molecular weight is 325 g/mol. The third-order valence-electron chi connectivity index (χ3n) is 3.91. The van der Waals surface area contributed by atoms with Crippen LogP contribution in [-0.2, 0) is 6.54 Å². The Hall–Kier alpha value is -0.720. The molecule has 1 N–H and O–H groups in total. The maximum atomic E-state index is 4.90. The van der Waals surface area contributed by atoms with Gasteiger partial charge in [-0.3, -0.25) is 4.40 Å². The standard InChI is InChI=1S/C15H24N4S2/c1-4-12-10-18(5-7-20-12)14-13(9-16-11(2)3)19-6-8-21-15(19)17-14/h6,8,11-12,16H,4-5,7,9-10H2,1-3H3. The van der Waals surface area contributed by atoms with Gasteiger partial charge in [0.1, 0.15) is 0 Å². The molecule has 3 heterocycles. The van der Waals surface area contributed by atoms with Gasteiger partial charge in [0.05, 0.1) is 5.69 Å². The van der Waals surface area contributed by atoms with E-state index in [1.807, 2.05) is 0 Å². The molecule has 0 aliphatic carbocycles. The number of fused-ring (bicyclic) bond motifs is 1. The molecular formula is C15H24N4S2. The van der Waals surface area contributed by atoms with Crippen molar-refractivity contribution in [3.8, 4) is 0 Å². The molecule has 1 aliphatic rings. The SMILES string of the molecule is CCC1CN(c2nc3sccn3c2CNC(C)C)CCS1. The molecule has 0 spiro atoms. The topological polar surface area (TPSA) is 32.6 Å². The number of anilines is 1. The Balaban J connectivity index is 1.89. The summed E-state index contributed by atoms with van der Waals surface area (Å²) in [5, 5.41) is 6.40. The number of nitrogens with zero attached hydrogens (tertiary/aromatic N) is 3. The molecule has 0 radical (unpaired) electrons. The first-order valence-corrected chi connectivity index (χ1v) is 9.66. The highest BCUT2D eigenvalue weighted by Crippen LogP contribution is 2.29. The molecule has 1 saturated heterocycles. The maximum absolute atomic E-state index is 4.90. The van der Waals surface area contributed by atoms with Crippen LogP contribution in [0.4, 0.5) is 5.82 Å². The Labute approximate surface area is 134 Å². The fraction of sp³-hybridized carbons (Fsp3) is 0.667. The summed E-state index contributed by atoms with van der Waals surface area (Å²) >= 11 is 3.82. The smallest absolute Gasteiger partial charge is 0.195 e. The summed E-state index contributed by atoms with van der Waals surface area (Å²) in [6.45, 7) is 9.78. The lowest BCUT2D eigenvalue weighted by Crippen LogP contribution is -2.38. The molecule has 0 amide bonds. The fourth-order valence-electron chi connectivity index (χ4n) is 2.70. The Morgan fingerprint density at radius 1 is 1.48 bits per heavy atom. The molecule has 0 aromatic carbocycles. The third-order valence-corrected chi connectivity index (χ3v) is 6.04. The number of rotatable bonds is 5. The van der Waals surface area contributed by atoms with Gasteiger partial charge in [0, 0.05) is 48.3 Å². The van der Waals surface area contributed by atoms with Crippen LogP contribution in [0.15, 0.2) is 11.6 Å². The molecular weight excluding hydrogens is 300 g/mol. The van der Waals surface area contributed by atoms with Crippen LogP contribution < -0.4 is 10.2 Å². The molecule has 4 nitrogen and oxygen atoms in total. The summed E-state index contributed by atoms with van der Waals surface area (Å²) in [4.78, 5) is 8.50. The Bertz CT molecular complexity index is 590. The molecule has 1 atom stereocenters. The second-order valence-corrected chi connectivity index (χ2v) is 8.10. The minimum absolute atomic E-state index is 0.488. The molecule has 0 saturated carbocycles. The van der Waals surface area contributed by atoms with Crippen LogP contribution >= 0.6 is 23.1 Å². The summed E-state index contributed by atoms with van der Waals surface area (Å²) < 4.78 is 2.25. The van der Waals surface area contributed by atoms with Gasteiger partial charge in [-0.05, 0) is 6.42 Å². The minimum Gasteiger partial charge on any atom is -0.353 e. The van der Waals surface area contributed by atoms with E-state index in [9.17, 15) is 0 Å². The lowest BCUT2D eigenvalue weighted by atomic mass is 10.2. The van der Waals surface area contributed by atoms with E-state index in [1.54, 1.807) is 11.3 Å². The summed E-state index contributed by atoms with van der Waals surface area (Å²) in [5.41, 5.74) is 1.31. The Morgan fingerprint density at radius 3 is 3.10 bits per heavy atom. The minimum atomic E-state index is 0.488. The van der Waals surface area contributed by atoms with E-state index in [4.69, 9.17) is 4.98 Å². The largest absolute Gasteiger partial charge is 0.353 e. The van der Waals surface area contributed by atoms with E-state index < -0.39 is 0 Å².